The first kappa shape index (κ1) is 22.9. The molecule has 4 aromatic rings. The van der Waals surface area contributed by atoms with Crippen molar-refractivity contribution in [3.05, 3.63) is 78.4 Å². The summed E-state index contributed by atoms with van der Waals surface area (Å²) >= 11 is 0. The summed E-state index contributed by atoms with van der Waals surface area (Å²) in [5, 5.41) is 3.92. The fourth-order valence-corrected chi connectivity index (χ4v) is 4.48. The molecule has 4 heterocycles. The van der Waals surface area contributed by atoms with E-state index in [0.29, 0.717) is 48.4 Å². The third-order valence-electron chi connectivity index (χ3n) is 6.39. The Hall–Kier alpha value is -3.88. The number of rotatable bonds is 4. The second-order valence-corrected chi connectivity index (χ2v) is 8.69. The number of aromatic nitrogens is 3. The smallest absolute Gasteiger partial charge is 0.367 e. The quantitative estimate of drug-likeness (QED) is 0.428. The van der Waals surface area contributed by atoms with E-state index in [4.69, 9.17) is 0 Å². The number of hydrogen-bond acceptors (Lipinski definition) is 4. The molecule has 0 radical (unpaired) electrons. The van der Waals surface area contributed by atoms with Gasteiger partial charge in [-0.15, -0.1) is 0 Å². The van der Waals surface area contributed by atoms with Gasteiger partial charge >= 0.3 is 6.18 Å². The fraction of sp³-hybridized carbons (Fsp3) is 0.269. The topological polar surface area (TPSA) is 63.1 Å². The van der Waals surface area contributed by atoms with Gasteiger partial charge in [0, 0.05) is 49.5 Å². The number of amides is 1. The van der Waals surface area contributed by atoms with E-state index in [1.54, 1.807) is 16.8 Å². The van der Waals surface area contributed by atoms with Crippen molar-refractivity contribution in [2.75, 3.05) is 18.4 Å². The number of aryl methyl sites for hydroxylation is 1. The van der Waals surface area contributed by atoms with Gasteiger partial charge in [-0.25, -0.2) is 9.97 Å². The molecule has 5 rings (SSSR count). The van der Waals surface area contributed by atoms with Crippen LogP contribution < -0.4 is 5.32 Å². The molecule has 0 bridgehead atoms. The number of anilines is 1. The zero-order chi connectivity index (χ0) is 24.6. The second kappa shape index (κ2) is 9.05. The lowest BCUT2D eigenvalue weighted by molar-refractivity contribution is -0.140. The average molecular weight is 480 g/mol. The minimum Gasteiger partial charge on any atom is -0.367 e. The number of nitrogens with one attached hydrogen (secondary N) is 1. The second-order valence-electron chi connectivity index (χ2n) is 8.69. The molecule has 1 aliphatic rings. The predicted octanol–water partition coefficient (Wildman–Crippen LogP) is 5.37. The molecule has 0 saturated carbocycles. The lowest BCUT2D eigenvalue weighted by Gasteiger charge is -2.33. The van der Waals surface area contributed by atoms with Crippen molar-refractivity contribution in [3.63, 3.8) is 0 Å². The first-order chi connectivity index (χ1) is 16.8. The third kappa shape index (κ3) is 4.58. The van der Waals surface area contributed by atoms with Crippen LogP contribution in [-0.2, 0) is 13.2 Å². The fourth-order valence-electron chi connectivity index (χ4n) is 4.48. The molecular formula is C26H24F3N5O. The minimum atomic E-state index is -4.54. The Morgan fingerprint density at radius 1 is 1.03 bits per heavy atom. The maximum atomic E-state index is 13.4. The number of pyridine rings is 2. The van der Waals surface area contributed by atoms with Gasteiger partial charge in [-0.3, -0.25) is 4.79 Å². The van der Waals surface area contributed by atoms with Gasteiger partial charge in [-0.1, -0.05) is 30.3 Å². The Morgan fingerprint density at radius 3 is 2.43 bits per heavy atom. The van der Waals surface area contributed by atoms with Crippen LogP contribution in [-0.4, -0.2) is 44.5 Å². The number of piperidine rings is 1. The van der Waals surface area contributed by atoms with E-state index in [1.807, 2.05) is 54.5 Å². The highest BCUT2D eigenvalue weighted by atomic mass is 19.4. The third-order valence-corrected chi connectivity index (χ3v) is 6.39. The summed E-state index contributed by atoms with van der Waals surface area (Å²) in [6, 6.07) is 15.2. The van der Waals surface area contributed by atoms with Gasteiger partial charge in [-0.2, -0.15) is 13.2 Å². The highest BCUT2D eigenvalue weighted by molar-refractivity contribution is 5.99. The van der Waals surface area contributed by atoms with Crippen molar-refractivity contribution < 1.29 is 18.0 Å². The van der Waals surface area contributed by atoms with Crippen LogP contribution in [0.15, 0.2) is 67.0 Å². The van der Waals surface area contributed by atoms with Gasteiger partial charge in [0.2, 0.25) is 0 Å². The molecule has 1 saturated heterocycles. The highest BCUT2D eigenvalue weighted by Gasteiger charge is 2.33. The molecule has 0 spiro atoms. The van der Waals surface area contributed by atoms with Crippen LogP contribution in [0.5, 0.6) is 0 Å². The van der Waals surface area contributed by atoms with E-state index in [0.717, 1.165) is 11.6 Å². The molecule has 1 amide bonds. The van der Waals surface area contributed by atoms with E-state index >= 15 is 0 Å². The normalized spacial score (nSPS) is 14.9. The molecule has 6 nitrogen and oxygen atoms in total. The van der Waals surface area contributed by atoms with Crippen molar-refractivity contribution in [1.82, 2.24) is 19.4 Å². The van der Waals surface area contributed by atoms with Crippen LogP contribution in [0.4, 0.5) is 19.0 Å². The minimum absolute atomic E-state index is 0.00406. The van der Waals surface area contributed by atoms with Gasteiger partial charge in [0.1, 0.15) is 17.2 Å². The molecule has 0 atom stereocenters. The number of nitrogens with zero attached hydrogens (tertiary/aromatic N) is 4. The van der Waals surface area contributed by atoms with Crippen LogP contribution in [0.2, 0.25) is 0 Å². The van der Waals surface area contributed by atoms with Crippen LogP contribution >= 0.6 is 0 Å². The van der Waals surface area contributed by atoms with Gasteiger partial charge < -0.3 is 14.8 Å². The van der Waals surface area contributed by atoms with Crippen molar-refractivity contribution in [3.8, 4) is 11.1 Å². The molecular weight excluding hydrogens is 455 g/mol. The SMILES string of the molecule is Cn1cccc1C(=O)N1CCC(Nc2ncc(-c3ccccc3)c3nc(C(F)(F)F)ccc23)CC1. The molecule has 1 fully saturated rings. The Morgan fingerprint density at radius 2 is 1.77 bits per heavy atom. The molecule has 3 aromatic heterocycles. The van der Waals surface area contributed by atoms with E-state index < -0.39 is 11.9 Å². The van der Waals surface area contributed by atoms with Gasteiger partial charge in [-0.05, 0) is 42.7 Å². The lowest BCUT2D eigenvalue weighted by Crippen LogP contribution is -2.43. The van der Waals surface area contributed by atoms with Crippen LogP contribution in [0.1, 0.15) is 29.0 Å². The molecule has 9 heteroatoms. The summed E-state index contributed by atoms with van der Waals surface area (Å²) < 4.78 is 42.1. The van der Waals surface area contributed by atoms with E-state index in [2.05, 4.69) is 15.3 Å². The van der Waals surface area contributed by atoms with Crippen LogP contribution in [0.25, 0.3) is 22.0 Å². The van der Waals surface area contributed by atoms with Crippen molar-refractivity contribution in [2.24, 2.45) is 7.05 Å². The van der Waals surface area contributed by atoms with Crippen LogP contribution in [0, 0.1) is 0 Å². The standard InChI is InChI=1S/C26H24F3N5O/c1-33-13-5-8-21(33)25(35)34-14-11-18(12-15-34)31-24-19-9-10-22(26(27,28)29)32-23(19)20(16-30-24)17-6-3-2-4-7-17/h2-10,13,16,18H,11-12,14-15H2,1H3,(H,30,31). The molecule has 180 valence electrons. The molecule has 35 heavy (non-hydrogen) atoms. The van der Waals surface area contributed by atoms with Crippen molar-refractivity contribution >= 4 is 22.6 Å². The predicted molar refractivity (Wildman–Crippen MR) is 128 cm³/mol. The van der Waals surface area contributed by atoms with Gasteiger partial charge in [0.15, 0.2) is 0 Å². The Kier molecular flexibility index (Phi) is 5.92. The number of alkyl halides is 3. The van der Waals surface area contributed by atoms with Crippen molar-refractivity contribution in [1.29, 1.82) is 0 Å². The number of carbonyl (C=O) groups is 1. The number of likely N-dealkylation sites (tertiary alicyclic amines) is 1. The summed E-state index contributed by atoms with van der Waals surface area (Å²) in [6.07, 6.45) is 0.273. The Bertz CT molecular complexity index is 1360. The van der Waals surface area contributed by atoms with Crippen LogP contribution in [0.3, 0.4) is 0 Å². The largest absolute Gasteiger partial charge is 0.433 e. The maximum absolute atomic E-state index is 13.4. The van der Waals surface area contributed by atoms with Gasteiger partial charge in [0.05, 0.1) is 5.52 Å². The molecule has 0 aliphatic carbocycles. The summed E-state index contributed by atoms with van der Waals surface area (Å²) in [5.41, 5.74) is 1.25. The van der Waals surface area contributed by atoms with E-state index in [9.17, 15) is 18.0 Å². The first-order valence-electron chi connectivity index (χ1n) is 11.4. The lowest BCUT2D eigenvalue weighted by atomic mass is 10.0. The summed E-state index contributed by atoms with van der Waals surface area (Å²) in [5.74, 6) is 0.490. The molecule has 1 N–H and O–H groups in total. The highest BCUT2D eigenvalue weighted by Crippen LogP contribution is 2.35. The zero-order valence-corrected chi connectivity index (χ0v) is 19.1. The first-order valence-corrected chi connectivity index (χ1v) is 11.4. The summed E-state index contributed by atoms with van der Waals surface area (Å²) in [4.78, 5) is 23.2. The summed E-state index contributed by atoms with van der Waals surface area (Å²) in [6.45, 7) is 1.16. The number of halogens is 3. The summed E-state index contributed by atoms with van der Waals surface area (Å²) in [7, 11) is 1.84. The number of fused-ring (bicyclic) bond motifs is 1. The van der Waals surface area contributed by atoms with Gasteiger partial charge in [0.25, 0.3) is 5.91 Å². The monoisotopic (exact) mass is 479 g/mol. The maximum Gasteiger partial charge on any atom is 0.433 e. The number of hydrogen-bond donors (Lipinski definition) is 1. The average Bonchev–Trinajstić information content (AvgIpc) is 3.29. The Labute approximate surface area is 200 Å². The molecule has 0 unspecified atom stereocenters. The zero-order valence-electron chi connectivity index (χ0n) is 19.1. The Balaban J connectivity index is 1.40. The number of carbonyl (C=O) groups excluding carboxylic acids is 1. The number of benzene rings is 1. The molecule has 1 aromatic carbocycles. The van der Waals surface area contributed by atoms with Crippen molar-refractivity contribution in [2.45, 2.75) is 25.1 Å². The molecule has 1 aliphatic heterocycles. The van der Waals surface area contributed by atoms with E-state index in [1.165, 1.54) is 6.07 Å². The van der Waals surface area contributed by atoms with E-state index in [-0.39, 0.29) is 17.5 Å².